The molecule has 0 fully saturated rings. The highest BCUT2D eigenvalue weighted by molar-refractivity contribution is 7.15. The molecule has 0 saturated heterocycles. The summed E-state index contributed by atoms with van der Waals surface area (Å²) < 4.78 is 10.6. The van der Waals surface area contributed by atoms with Crippen LogP contribution in [-0.2, 0) is 0 Å². The van der Waals surface area contributed by atoms with Crippen LogP contribution in [0.2, 0.25) is 0 Å². The maximum absolute atomic E-state index is 5.43. The third kappa shape index (κ3) is 3.11. The Balaban J connectivity index is 2.32. The summed E-state index contributed by atoms with van der Waals surface area (Å²) in [6.07, 6.45) is 1.93. The summed E-state index contributed by atoms with van der Waals surface area (Å²) in [6.45, 7) is 5.19. The molecule has 2 rings (SSSR count). The van der Waals surface area contributed by atoms with Gasteiger partial charge in [-0.25, -0.2) is 4.98 Å². The van der Waals surface area contributed by atoms with Crippen LogP contribution in [0.1, 0.15) is 24.8 Å². The van der Waals surface area contributed by atoms with Crippen LogP contribution in [0.5, 0.6) is 11.5 Å². The predicted octanol–water partition coefficient (Wildman–Crippen LogP) is 3.50. The van der Waals surface area contributed by atoms with Gasteiger partial charge in [0.15, 0.2) is 0 Å². The van der Waals surface area contributed by atoms with Crippen molar-refractivity contribution in [2.75, 3.05) is 20.8 Å². The lowest BCUT2D eigenvalue weighted by Crippen LogP contribution is -2.16. The molecule has 20 heavy (non-hydrogen) atoms. The fraction of sp³-hybridized carbons (Fsp3) is 0.400. The molecular weight excluding hydrogens is 272 g/mol. The van der Waals surface area contributed by atoms with E-state index in [9.17, 15) is 0 Å². The molecule has 2 aromatic rings. The van der Waals surface area contributed by atoms with E-state index < -0.39 is 0 Å². The number of hydrogen-bond acceptors (Lipinski definition) is 5. The quantitative estimate of drug-likeness (QED) is 0.885. The molecule has 0 aliphatic rings. The third-order valence-electron chi connectivity index (χ3n) is 3.10. The number of aromatic nitrogens is 1. The lowest BCUT2D eigenvalue weighted by Gasteiger charge is -2.09. The molecule has 4 nitrogen and oxygen atoms in total. The minimum absolute atomic E-state index is 0.315. The molecule has 1 aromatic heterocycles. The van der Waals surface area contributed by atoms with Crippen LogP contribution in [0.15, 0.2) is 24.4 Å². The Hall–Kier alpha value is -1.59. The number of methoxy groups -OCH3 is 2. The first-order valence-electron chi connectivity index (χ1n) is 6.61. The molecule has 5 heteroatoms. The molecule has 1 N–H and O–H groups in total. The van der Waals surface area contributed by atoms with Crippen LogP contribution >= 0.6 is 11.3 Å². The minimum atomic E-state index is 0.315. The average molecular weight is 292 g/mol. The van der Waals surface area contributed by atoms with Gasteiger partial charge in [0, 0.05) is 23.2 Å². The minimum Gasteiger partial charge on any atom is -0.497 e. The van der Waals surface area contributed by atoms with Gasteiger partial charge in [-0.15, -0.1) is 11.3 Å². The van der Waals surface area contributed by atoms with Gasteiger partial charge in [0.05, 0.1) is 19.8 Å². The summed E-state index contributed by atoms with van der Waals surface area (Å²) in [5.74, 6) is 1.56. The first kappa shape index (κ1) is 14.8. The van der Waals surface area contributed by atoms with Crippen molar-refractivity contribution in [3.8, 4) is 22.1 Å². The van der Waals surface area contributed by atoms with Crippen LogP contribution in [0.4, 0.5) is 0 Å². The Morgan fingerprint density at radius 2 is 2.10 bits per heavy atom. The van der Waals surface area contributed by atoms with Crippen molar-refractivity contribution in [3.05, 3.63) is 29.3 Å². The van der Waals surface area contributed by atoms with Gasteiger partial charge in [-0.1, -0.05) is 6.92 Å². The molecule has 1 aromatic carbocycles. The highest BCUT2D eigenvalue weighted by atomic mass is 32.1. The SMILES string of the molecule is CCNC(C)c1cnc(-c2ccc(OC)cc2OC)s1. The Morgan fingerprint density at radius 3 is 2.75 bits per heavy atom. The van der Waals surface area contributed by atoms with Crippen LogP contribution in [0, 0.1) is 0 Å². The smallest absolute Gasteiger partial charge is 0.132 e. The second kappa shape index (κ2) is 6.72. The van der Waals surface area contributed by atoms with E-state index >= 15 is 0 Å². The lowest BCUT2D eigenvalue weighted by molar-refractivity contribution is 0.395. The van der Waals surface area contributed by atoms with Gasteiger partial charge in [-0.2, -0.15) is 0 Å². The zero-order valence-electron chi connectivity index (χ0n) is 12.3. The normalized spacial score (nSPS) is 12.2. The second-order valence-corrected chi connectivity index (χ2v) is 5.48. The Labute approximate surface area is 123 Å². The molecule has 0 saturated carbocycles. The fourth-order valence-electron chi connectivity index (χ4n) is 1.99. The highest BCUT2D eigenvalue weighted by Crippen LogP contribution is 2.36. The molecule has 1 atom stereocenters. The van der Waals surface area contributed by atoms with Crippen molar-refractivity contribution >= 4 is 11.3 Å². The van der Waals surface area contributed by atoms with E-state index in [2.05, 4.69) is 24.1 Å². The molecule has 1 unspecified atom stereocenters. The summed E-state index contributed by atoms with van der Waals surface area (Å²) >= 11 is 1.68. The van der Waals surface area contributed by atoms with E-state index in [1.165, 1.54) is 4.88 Å². The van der Waals surface area contributed by atoms with Gasteiger partial charge in [-0.05, 0) is 25.6 Å². The third-order valence-corrected chi connectivity index (χ3v) is 4.31. The number of nitrogens with zero attached hydrogens (tertiary/aromatic N) is 1. The van der Waals surface area contributed by atoms with Crippen molar-refractivity contribution in [2.45, 2.75) is 19.9 Å². The molecule has 0 aliphatic carbocycles. The largest absolute Gasteiger partial charge is 0.497 e. The number of thiazole rings is 1. The number of hydrogen-bond donors (Lipinski definition) is 1. The van der Waals surface area contributed by atoms with E-state index in [1.54, 1.807) is 25.6 Å². The predicted molar refractivity (Wildman–Crippen MR) is 82.7 cm³/mol. The van der Waals surface area contributed by atoms with E-state index in [-0.39, 0.29) is 0 Å². The van der Waals surface area contributed by atoms with Gasteiger partial charge >= 0.3 is 0 Å². The van der Waals surface area contributed by atoms with Gasteiger partial charge in [0.25, 0.3) is 0 Å². The van der Waals surface area contributed by atoms with Crippen molar-refractivity contribution in [1.82, 2.24) is 10.3 Å². The number of rotatable bonds is 6. The summed E-state index contributed by atoms with van der Waals surface area (Å²) in [7, 11) is 3.31. The van der Waals surface area contributed by atoms with E-state index in [0.29, 0.717) is 6.04 Å². The molecule has 0 bridgehead atoms. The fourth-order valence-corrected chi connectivity index (χ4v) is 2.97. The van der Waals surface area contributed by atoms with Gasteiger partial charge in [0.2, 0.25) is 0 Å². The number of benzene rings is 1. The molecule has 0 spiro atoms. The lowest BCUT2D eigenvalue weighted by atomic mass is 10.2. The average Bonchev–Trinajstić information content (AvgIpc) is 2.96. The standard InChI is InChI=1S/C15H20N2O2S/c1-5-16-10(2)14-9-17-15(20-14)12-7-6-11(18-3)8-13(12)19-4/h6-10,16H,5H2,1-4H3. The van der Waals surface area contributed by atoms with Crippen molar-refractivity contribution < 1.29 is 9.47 Å². The first-order valence-corrected chi connectivity index (χ1v) is 7.42. The molecular formula is C15H20N2O2S. The van der Waals surface area contributed by atoms with E-state index in [1.807, 2.05) is 24.4 Å². The monoisotopic (exact) mass is 292 g/mol. The van der Waals surface area contributed by atoms with E-state index in [0.717, 1.165) is 28.6 Å². The summed E-state index contributed by atoms with van der Waals surface area (Å²) in [5.41, 5.74) is 0.994. The highest BCUT2D eigenvalue weighted by Gasteiger charge is 2.14. The number of ether oxygens (including phenoxy) is 2. The van der Waals surface area contributed by atoms with Gasteiger partial charge in [0.1, 0.15) is 16.5 Å². The molecule has 0 aliphatic heterocycles. The summed E-state index contributed by atoms with van der Waals surface area (Å²) in [4.78, 5) is 5.73. The topological polar surface area (TPSA) is 43.4 Å². The Morgan fingerprint density at radius 1 is 1.30 bits per heavy atom. The second-order valence-electron chi connectivity index (χ2n) is 4.41. The molecule has 108 valence electrons. The van der Waals surface area contributed by atoms with E-state index in [4.69, 9.17) is 9.47 Å². The van der Waals surface area contributed by atoms with Crippen LogP contribution in [0.3, 0.4) is 0 Å². The van der Waals surface area contributed by atoms with Crippen molar-refractivity contribution in [1.29, 1.82) is 0 Å². The van der Waals surface area contributed by atoms with Crippen molar-refractivity contribution in [3.63, 3.8) is 0 Å². The maximum atomic E-state index is 5.43. The van der Waals surface area contributed by atoms with Crippen molar-refractivity contribution in [2.24, 2.45) is 0 Å². The van der Waals surface area contributed by atoms with Crippen LogP contribution < -0.4 is 14.8 Å². The Kier molecular flexibility index (Phi) is 4.98. The van der Waals surface area contributed by atoms with Gasteiger partial charge < -0.3 is 14.8 Å². The zero-order valence-corrected chi connectivity index (χ0v) is 13.1. The van der Waals surface area contributed by atoms with Gasteiger partial charge in [-0.3, -0.25) is 0 Å². The molecule has 1 heterocycles. The summed E-state index contributed by atoms with van der Waals surface area (Å²) in [6, 6.07) is 6.10. The number of nitrogens with one attached hydrogen (secondary N) is 1. The first-order chi connectivity index (χ1) is 9.69. The van der Waals surface area contributed by atoms with Crippen LogP contribution in [-0.4, -0.2) is 25.7 Å². The molecule has 0 amide bonds. The zero-order chi connectivity index (χ0) is 14.5. The van der Waals surface area contributed by atoms with Crippen LogP contribution in [0.25, 0.3) is 10.6 Å². The Bertz CT molecular complexity index is 569. The summed E-state index contributed by atoms with van der Waals surface area (Å²) in [5, 5.41) is 4.35. The maximum Gasteiger partial charge on any atom is 0.132 e. The molecule has 0 radical (unpaired) electrons.